The minimum atomic E-state index is -1.26. The van der Waals surface area contributed by atoms with E-state index in [-0.39, 0.29) is 0 Å². The molecule has 1 N–H and O–H groups in total. The number of nitrogens with zero attached hydrogens (tertiary/aromatic N) is 3. The van der Waals surface area contributed by atoms with Crippen LogP contribution in [0.2, 0.25) is 5.02 Å². The molecule has 0 saturated carbocycles. The first kappa shape index (κ1) is 28.3. The average molecular weight is 501 g/mol. The molecular weight excluding hydrogens is 456 g/mol. The van der Waals surface area contributed by atoms with E-state index in [1.165, 1.54) is 89.9 Å². The second-order valence-corrected chi connectivity index (χ2v) is 10.9. The first-order valence-electron chi connectivity index (χ1n) is 13.2. The number of aryl methyl sites for hydroxylation is 1. The smallest absolute Gasteiger partial charge is 0.196 e. The number of nitrogens with one attached hydrogen (secondary N) is 1. The Balaban J connectivity index is 1.73. The van der Waals surface area contributed by atoms with Gasteiger partial charge in [0.25, 0.3) is 0 Å². The molecule has 1 atom stereocenters. The third-order valence-corrected chi connectivity index (χ3v) is 8.00. The Hall–Kier alpha value is -0.920. The third kappa shape index (κ3) is 10.5. The highest BCUT2D eigenvalue weighted by atomic mass is 35.5. The number of unbranched alkanes of at least 4 members (excludes halogenated alkanes) is 10. The van der Waals surface area contributed by atoms with Gasteiger partial charge in [0.2, 0.25) is 0 Å². The largest absolute Gasteiger partial charge is 0.294 e. The van der Waals surface area contributed by atoms with E-state index in [0.717, 1.165) is 11.5 Å². The molecule has 190 valence electrons. The van der Waals surface area contributed by atoms with E-state index in [9.17, 15) is 4.21 Å². The molecule has 2 rings (SSSR count). The van der Waals surface area contributed by atoms with Crippen LogP contribution in [-0.4, -0.2) is 36.4 Å². The molecule has 2 aromatic heterocycles. The Kier molecular flexibility index (Phi) is 14.3. The zero-order valence-corrected chi connectivity index (χ0v) is 22.6. The molecule has 1 unspecified atom stereocenters. The van der Waals surface area contributed by atoms with Gasteiger partial charge in [-0.1, -0.05) is 102 Å². The highest BCUT2D eigenvalue weighted by Crippen LogP contribution is 2.22. The topological polar surface area (TPSA) is 72.3 Å². The monoisotopic (exact) mass is 500 g/mol. The zero-order chi connectivity index (χ0) is 23.9. The average Bonchev–Trinajstić information content (AvgIpc) is 3.32. The van der Waals surface area contributed by atoms with E-state index in [0.29, 0.717) is 35.4 Å². The standard InChI is InChI=1S/C25H45ClN4O2S/c1-4-6-8-10-12-14-16-22(17-15-13-11-9-7-5-2)20-33(31)32-19-18-23-27-28-25-24(26)21(3)29-30(23)25/h22,29H,4-20H2,1-3H3. The van der Waals surface area contributed by atoms with Crippen LogP contribution in [0.5, 0.6) is 0 Å². The highest BCUT2D eigenvalue weighted by molar-refractivity contribution is 7.80. The van der Waals surface area contributed by atoms with Crippen molar-refractivity contribution in [1.29, 1.82) is 0 Å². The summed E-state index contributed by atoms with van der Waals surface area (Å²) in [6, 6.07) is 0. The molecule has 2 heterocycles. The van der Waals surface area contributed by atoms with Gasteiger partial charge >= 0.3 is 0 Å². The van der Waals surface area contributed by atoms with Crippen molar-refractivity contribution in [2.45, 2.75) is 117 Å². The molecule has 2 aromatic rings. The van der Waals surface area contributed by atoms with Crippen molar-refractivity contribution in [2.75, 3.05) is 12.4 Å². The first-order chi connectivity index (χ1) is 16.1. The van der Waals surface area contributed by atoms with Gasteiger partial charge in [-0.05, 0) is 25.7 Å². The molecule has 33 heavy (non-hydrogen) atoms. The molecule has 0 aromatic carbocycles. The number of H-pyrrole nitrogens is 1. The predicted molar refractivity (Wildman–Crippen MR) is 139 cm³/mol. The van der Waals surface area contributed by atoms with Gasteiger partial charge < -0.3 is 0 Å². The van der Waals surface area contributed by atoms with Crippen LogP contribution in [0.15, 0.2) is 0 Å². The Morgan fingerprint density at radius 2 is 1.52 bits per heavy atom. The Morgan fingerprint density at radius 1 is 0.939 bits per heavy atom. The quantitative estimate of drug-likeness (QED) is 0.193. The van der Waals surface area contributed by atoms with Crippen molar-refractivity contribution in [1.82, 2.24) is 19.8 Å². The lowest BCUT2D eigenvalue weighted by Gasteiger charge is -2.16. The van der Waals surface area contributed by atoms with Gasteiger partial charge in [0.15, 0.2) is 22.6 Å². The molecule has 0 aliphatic carbocycles. The van der Waals surface area contributed by atoms with Gasteiger partial charge in [0, 0.05) is 6.42 Å². The van der Waals surface area contributed by atoms with E-state index < -0.39 is 11.1 Å². The first-order valence-corrected chi connectivity index (χ1v) is 14.8. The number of fused-ring (bicyclic) bond motifs is 1. The van der Waals surface area contributed by atoms with Crippen LogP contribution in [0.3, 0.4) is 0 Å². The normalized spacial score (nSPS) is 12.9. The van der Waals surface area contributed by atoms with Crippen LogP contribution in [0.25, 0.3) is 5.65 Å². The van der Waals surface area contributed by atoms with Crippen molar-refractivity contribution in [3.8, 4) is 0 Å². The molecular formula is C25H45ClN4O2S. The minimum Gasteiger partial charge on any atom is -0.294 e. The Morgan fingerprint density at radius 3 is 2.12 bits per heavy atom. The van der Waals surface area contributed by atoms with Crippen molar-refractivity contribution >= 4 is 28.3 Å². The number of rotatable bonds is 20. The fourth-order valence-corrected chi connectivity index (χ4v) is 5.58. The van der Waals surface area contributed by atoms with Crippen molar-refractivity contribution in [3.05, 3.63) is 16.5 Å². The Labute approximate surface area is 208 Å². The lowest BCUT2D eigenvalue weighted by atomic mass is 9.95. The summed E-state index contributed by atoms with van der Waals surface area (Å²) in [4.78, 5) is 0. The van der Waals surface area contributed by atoms with Gasteiger partial charge in [-0.25, -0.2) is 8.72 Å². The maximum atomic E-state index is 12.7. The molecule has 8 heteroatoms. The SMILES string of the molecule is CCCCCCCCC(CCCCCCCC)CS(=O)OCCc1nnc2c(Cl)c(C)[nH]n12. The predicted octanol–water partition coefficient (Wildman–Crippen LogP) is 7.36. The molecule has 0 saturated heterocycles. The van der Waals surface area contributed by atoms with Crippen LogP contribution in [0.1, 0.15) is 115 Å². The number of hydrogen-bond acceptors (Lipinski definition) is 4. The van der Waals surface area contributed by atoms with Crippen LogP contribution in [-0.2, 0) is 21.7 Å². The van der Waals surface area contributed by atoms with Crippen LogP contribution in [0, 0.1) is 12.8 Å². The van der Waals surface area contributed by atoms with Gasteiger partial charge in [0.1, 0.15) is 5.02 Å². The molecule has 0 spiro atoms. The van der Waals surface area contributed by atoms with Crippen molar-refractivity contribution in [3.63, 3.8) is 0 Å². The molecule has 0 fully saturated rings. The van der Waals surface area contributed by atoms with E-state index in [1.54, 1.807) is 4.52 Å². The second kappa shape index (κ2) is 16.7. The van der Waals surface area contributed by atoms with E-state index >= 15 is 0 Å². The number of hydrogen-bond donors (Lipinski definition) is 1. The third-order valence-electron chi connectivity index (χ3n) is 6.38. The summed E-state index contributed by atoms with van der Waals surface area (Å²) in [6.07, 6.45) is 18.5. The van der Waals surface area contributed by atoms with Crippen LogP contribution in [0.4, 0.5) is 0 Å². The molecule has 6 nitrogen and oxygen atoms in total. The molecule has 0 aliphatic heterocycles. The summed E-state index contributed by atoms with van der Waals surface area (Å²) in [5.41, 5.74) is 1.49. The molecule has 0 aliphatic rings. The summed E-state index contributed by atoms with van der Waals surface area (Å²) in [6.45, 7) is 6.78. The fraction of sp³-hybridized carbons (Fsp3) is 0.840. The maximum absolute atomic E-state index is 12.7. The number of aromatic nitrogens is 4. The van der Waals surface area contributed by atoms with E-state index in [1.807, 2.05) is 6.92 Å². The van der Waals surface area contributed by atoms with Crippen LogP contribution >= 0.6 is 11.6 Å². The summed E-state index contributed by atoms with van der Waals surface area (Å²) in [5.74, 6) is 1.88. The van der Waals surface area contributed by atoms with Crippen molar-refractivity contribution in [2.24, 2.45) is 5.92 Å². The van der Waals surface area contributed by atoms with Gasteiger partial charge in [-0.2, -0.15) is 0 Å². The molecule has 0 radical (unpaired) electrons. The van der Waals surface area contributed by atoms with E-state index in [2.05, 4.69) is 29.1 Å². The van der Waals surface area contributed by atoms with Gasteiger partial charge in [0.05, 0.1) is 18.1 Å². The van der Waals surface area contributed by atoms with E-state index in [4.69, 9.17) is 15.8 Å². The maximum Gasteiger partial charge on any atom is 0.196 e. The molecule has 0 amide bonds. The fourth-order valence-electron chi connectivity index (χ4n) is 4.33. The summed E-state index contributed by atoms with van der Waals surface area (Å²) in [5, 5.41) is 12.0. The lowest BCUT2D eigenvalue weighted by Crippen LogP contribution is -2.15. The summed E-state index contributed by atoms with van der Waals surface area (Å²) >= 11 is 4.96. The summed E-state index contributed by atoms with van der Waals surface area (Å²) in [7, 11) is 0. The second-order valence-electron chi connectivity index (χ2n) is 9.35. The van der Waals surface area contributed by atoms with Crippen LogP contribution < -0.4 is 0 Å². The Bertz CT molecular complexity index is 792. The van der Waals surface area contributed by atoms with Crippen molar-refractivity contribution < 1.29 is 8.39 Å². The molecule has 0 bridgehead atoms. The number of aromatic amines is 1. The summed E-state index contributed by atoms with van der Waals surface area (Å²) < 4.78 is 20.1. The van der Waals surface area contributed by atoms with Gasteiger partial charge in [-0.3, -0.25) is 9.28 Å². The highest BCUT2D eigenvalue weighted by Gasteiger charge is 2.16. The van der Waals surface area contributed by atoms with Gasteiger partial charge in [-0.15, -0.1) is 10.2 Å². The zero-order valence-electron chi connectivity index (χ0n) is 21.0. The minimum absolute atomic E-state index is 0.365. The lowest BCUT2D eigenvalue weighted by molar-refractivity contribution is 0.339. The number of halogens is 1.